The Kier molecular flexibility index (Phi) is 7.73. The standard InChI is InChI=1S/C19H32N4O2S/c1-3-16-4-5-17(26-16)12-21-19(20-2)22-13-18(15-6-9-25-14-15)23-7-10-24-11-8-23/h4-5,15,18H,3,6-14H2,1-2H3,(H2,20,21,22). The van der Waals surface area contributed by atoms with Crippen molar-refractivity contribution in [3.8, 4) is 0 Å². The van der Waals surface area contributed by atoms with Crippen molar-refractivity contribution in [1.82, 2.24) is 15.5 Å². The number of nitrogens with one attached hydrogen (secondary N) is 2. The van der Waals surface area contributed by atoms with Gasteiger partial charge in [-0.15, -0.1) is 11.3 Å². The maximum Gasteiger partial charge on any atom is 0.191 e. The van der Waals surface area contributed by atoms with Crippen LogP contribution in [0.4, 0.5) is 0 Å². The molecule has 0 saturated carbocycles. The molecule has 2 unspecified atom stereocenters. The average Bonchev–Trinajstić information content (AvgIpc) is 3.37. The van der Waals surface area contributed by atoms with Gasteiger partial charge in [0.2, 0.25) is 0 Å². The number of morpholine rings is 1. The molecule has 2 atom stereocenters. The predicted molar refractivity (Wildman–Crippen MR) is 107 cm³/mol. The van der Waals surface area contributed by atoms with Crippen LogP contribution in [0.2, 0.25) is 0 Å². The molecule has 146 valence electrons. The van der Waals surface area contributed by atoms with Crippen LogP contribution in [0.1, 0.15) is 23.1 Å². The van der Waals surface area contributed by atoms with Crippen molar-refractivity contribution in [3.63, 3.8) is 0 Å². The second kappa shape index (κ2) is 10.3. The number of hydrogen-bond donors (Lipinski definition) is 2. The first kappa shape index (κ1) is 19.6. The number of ether oxygens (including phenoxy) is 2. The number of aliphatic imine (C=N–C) groups is 1. The first-order valence-electron chi connectivity index (χ1n) is 9.71. The van der Waals surface area contributed by atoms with Crippen LogP contribution >= 0.6 is 11.3 Å². The molecule has 26 heavy (non-hydrogen) atoms. The molecular formula is C19H32N4O2S. The van der Waals surface area contributed by atoms with Crippen LogP contribution in [0, 0.1) is 5.92 Å². The lowest BCUT2D eigenvalue weighted by Crippen LogP contribution is -2.53. The van der Waals surface area contributed by atoms with Crippen LogP contribution in [0.3, 0.4) is 0 Å². The Labute approximate surface area is 161 Å². The van der Waals surface area contributed by atoms with Gasteiger partial charge in [-0.05, 0) is 25.0 Å². The normalized spacial score (nSPS) is 23.2. The molecule has 2 saturated heterocycles. The van der Waals surface area contributed by atoms with Crippen LogP contribution in [0.25, 0.3) is 0 Å². The summed E-state index contributed by atoms with van der Waals surface area (Å²) in [5.41, 5.74) is 0. The minimum absolute atomic E-state index is 0.466. The number of aryl methyl sites for hydroxylation is 1. The van der Waals surface area contributed by atoms with Gasteiger partial charge >= 0.3 is 0 Å². The van der Waals surface area contributed by atoms with Gasteiger partial charge in [0.25, 0.3) is 0 Å². The zero-order valence-electron chi connectivity index (χ0n) is 16.0. The summed E-state index contributed by atoms with van der Waals surface area (Å²) >= 11 is 1.87. The van der Waals surface area contributed by atoms with Crippen molar-refractivity contribution < 1.29 is 9.47 Å². The van der Waals surface area contributed by atoms with Gasteiger partial charge in [0, 0.05) is 55.0 Å². The lowest BCUT2D eigenvalue weighted by Gasteiger charge is -2.37. The van der Waals surface area contributed by atoms with Crippen LogP contribution in [-0.4, -0.2) is 70.0 Å². The Balaban J connectivity index is 1.52. The van der Waals surface area contributed by atoms with E-state index in [0.717, 1.165) is 71.4 Å². The summed E-state index contributed by atoms with van der Waals surface area (Å²) in [6.45, 7) is 9.32. The molecule has 0 aliphatic carbocycles. The van der Waals surface area contributed by atoms with Crippen LogP contribution in [-0.2, 0) is 22.4 Å². The fourth-order valence-electron chi connectivity index (χ4n) is 3.66. The number of nitrogens with zero attached hydrogens (tertiary/aromatic N) is 2. The summed E-state index contributed by atoms with van der Waals surface area (Å²) in [5.74, 6) is 1.46. The molecule has 2 fully saturated rings. The quantitative estimate of drug-likeness (QED) is 0.557. The Hall–Kier alpha value is -1.15. The lowest BCUT2D eigenvalue weighted by atomic mass is 9.97. The Morgan fingerprint density at radius 3 is 2.69 bits per heavy atom. The molecule has 2 aliphatic heterocycles. The molecule has 0 aromatic carbocycles. The minimum Gasteiger partial charge on any atom is -0.381 e. The van der Waals surface area contributed by atoms with Crippen LogP contribution in [0.5, 0.6) is 0 Å². The topological polar surface area (TPSA) is 58.1 Å². The third-order valence-electron chi connectivity index (χ3n) is 5.22. The zero-order valence-corrected chi connectivity index (χ0v) is 16.8. The van der Waals surface area contributed by atoms with Gasteiger partial charge in [-0.25, -0.2) is 0 Å². The van der Waals surface area contributed by atoms with Gasteiger partial charge in [-0.2, -0.15) is 0 Å². The van der Waals surface area contributed by atoms with Gasteiger partial charge in [0.05, 0.1) is 26.4 Å². The molecule has 7 heteroatoms. The van der Waals surface area contributed by atoms with E-state index in [1.807, 2.05) is 18.4 Å². The van der Waals surface area contributed by atoms with Crippen molar-refractivity contribution >= 4 is 17.3 Å². The highest BCUT2D eigenvalue weighted by molar-refractivity contribution is 7.11. The molecule has 2 aliphatic rings. The van der Waals surface area contributed by atoms with Crippen LogP contribution < -0.4 is 10.6 Å². The van der Waals surface area contributed by atoms with Gasteiger partial charge in [-0.1, -0.05) is 6.92 Å². The second-order valence-corrected chi connectivity index (χ2v) is 8.12. The molecule has 6 nitrogen and oxygen atoms in total. The maximum absolute atomic E-state index is 5.65. The van der Waals surface area contributed by atoms with Crippen molar-refractivity contribution in [3.05, 3.63) is 21.9 Å². The molecule has 3 heterocycles. The molecule has 3 rings (SSSR count). The summed E-state index contributed by atoms with van der Waals surface area (Å²) in [6.07, 6.45) is 2.24. The van der Waals surface area contributed by atoms with E-state index >= 15 is 0 Å². The van der Waals surface area contributed by atoms with Gasteiger partial charge in [0.15, 0.2) is 5.96 Å². The Bertz CT molecular complexity index is 566. The summed E-state index contributed by atoms with van der Waals surface area (Å²) in [5, 5.41) is 6.99. The SMILES string of the molecule is CCc1ccc(CNC(=NC)NCC(C2CCOC2)N2CCOCC2)s1. The second-order valence-electron chi connectivity index (χ2n) is 6.87. The van der Waals surface area contributed by atoms with E-state index in [4.69, 9.17) is 9.47 Å². The predicted octanol–water partition coefficient (Wildman–Crippen LogP) is 1.71. The third kappa shape index (κ3) is 5.42. The molecular weight excluding hydrogens is 348 g/mol. The molecule has 1 aromatic heterocycles. The summed E-state index contributed by atoms with van der Waals surface area (Å²) in [6, 6.07) is 4.89. The summed E-state index contributed by atoms with van der Waals surface area (Å²) in [7, 11) is 1.84. The molecule has 1 aromatic rings. The average molecular weight is 381 g/mol. The fourth-order valence-corrected chi connectivity index (χ4v) is 4.56. The monoisotopic (exact) mass is 380 g/mol. The van der Waals surface area contributed by atoms with E-state index in [9.17, 15) is 0 Å². The Morgan fingerprint density at radius 1 is 1.23 bits per heavy atom. The number of guanidine groups is 1. The Morgan fingerprint density at radius 2 is 2.04 bits per heavy atom. The lowest BCUT2D eigenvalue weighted by molar-refractivity contribution is 0.00246. The van der Waals surface area contributed by atoms with Gasteiger partial charge in [-0.3, -0.25) is 9.89 Å². The first-order valence-corrected chi connectivity index (χ1v) is 10.5. The molecule has 2 N–H and O–H groups in total. The van der Waals surface area contributed by atoms with Crippen molar-refractivity contribution in [2.75, 3.05) is 53.1 Å². The number of thiophene rings is 1. The molecule has 0 amide bonds. The minimum atomic E-state index is 0.466. The molecule has 0 bridgehead atoms. The molecule has 0 radical (unpaired) electrons. The van der Waals surface area contributed by atoms with Crippen LogP contribution in [0.15, 0.2) is 17.1 Å². The zero-order chi connectivity index (χ0) is 18.2. The van der Waals surface area contributed by atoms with Crippen molar-refractivity contribution in [2.24, 2.45) is 10.9 Å². The van der Waals surface area contributed by atoms with Gasteiger partial charge in [0.1, 0.15) is 0 Å². The largest absolute Gasteiger partial charge is 0.381 e. The van der Waals surface area contributed by atoms with E-state index in [-0.39, 0.29) is 0 Å². The first-order chi connectivity index (χ1) is 12.8. The van der Waals surface area contributed by atoms with Crippen molar-refractivity contribution in [2.45, 2.75) is 32.4 Å². The van der Waals surface area contributed by atoms with E-state index in [1.165, 1.54) is 9.75 Å². The summed E-state index contributed by atoms with van der Waals surface area (Å²) < 4.78 is 11.2. The highest BCUT2D eigenvalue weighted by Crippen LogP contribution is 2.22. The fraction of sp³-hybridized carbons (Fsp3) is 0.737. The van der Waals surface area contributed by atoms with E-state index in [1.54, 1.807) is 0 Å². The van der Waals surface area contributed by atoms with Gasteiger partial charge < -0.3 is 20.1 Å². The van der Waals surface area contributed by atoms with Crippen molar-refractivity contribution in [1.29, 1.82) is 0 Å². The highest BCUT2D eigenvalue weighted by atomic mass is 32.1. The molecule has 0 spiro atoms. The smallest absolute Gasteiger partial charge is 0.191 e. The third-order valence-corrected chi connectivity index (χ3v) is 6.45. The number of hydrogen-bond acceptors (Lipinski definition) is 5. The van der Waals surface area contributed by atoms with E-state index in [2.05, 4.69) is 39.6 Å². The highest BCUT2D eigenvalue weighted by Gasteiger charge is 2.31. The van der Waals surface area contributed by atoms with E-state index in [0.29, 0.717) is 12.0 Å². The maximum atomic E-state index is 5.65. The number of rotatable bonds is 7. The van der Waals surface area contributed by atoms with E-state index < -0.39 is 0 Å². The summed E-state index contributed by atoms with van der Waals surface area (Å²) in [4.78, 5) is 9.72.